The quantitative estimate of drug-likeness (QED) is 0.609. The molecule has 1 aliphatic heterocycles. The number of nitrogens with one attached hydrogen (secondary N) is 1. The lowest BCUT2D eigenvalue weighted by Crippen LogP contribution is -2.48. The van der Waals surface area contributed by atoms with Crippen molar-refractivity contribution in [1.82, 2.24) is 14.9 Å². The second-order valence-electron chi connectivity index (χ2n) is 7.99. The van der Waals surface area contributed by atoms with Crippen molar-refractivity contribution < 1.29 is 19.1 Å². The Labute approximate surface area is 191 Å². The summed E-state index contributed by atoms with van der Waals surface area (Å²) in [6.07, 6.45) is 8.92. The summed E-state index contributed by atoms with van der Waals surface area (Å²) in [4.78, 5) is 48.5. The molecular weight excluding hydrogens is 428 g/mol. The number of hydrogen-bond acceptors (Lipinski definition) is 7. The van der Waals surface area contributed by atoms with E-state index in [9.17, 15) is 14.4 Å². The summed E-state index contributed by atoms with van der Waals surface area (Å²) in [5.41, 5.74) is 0.557. The van der Waals surface area contributed by atoms with Crippen LogP contribution >= 0.6 is 11.8 Å². The number of benzene rings is 1. The van der Waals surface area contributed by atoms with Crippen molar-refractivity contribution in [3.63, 3.8) is 0 Å². The number of rotatable bonds is 8. The molecule has 1 aliphatic carbocycles. The second-order valence-corrected chi connectivity index (χ2v) is 8.97. The minimum Gasteiger partial charge on any atom is -0.424 e. The number of carbonyl (C=O) groups excluding carboxylic acids is 3. The van der Waals surface area contributed by atoms with Gasteiger partial charge in [-0.3, -0.25) is 19.3 Å². The molecule has 1 N–H and O–H groups in total. The average Bonchev–Trinajstić information content (AvgIpc) is 3.07. The summed E-state index contributed by atoms with van der Waals surface area (Å²) in [5.74, 6) is -0.0504. The zero-order valence-corrected chi connectivity index (χ0v) is 18.7. The average molecular weight is 455 g/mol. The maximum absolute atomic E-state index is 13.2. The van der Waals surface area contributed by atoms with Crippen molar-refractivity contribution in [3.05, 3.63) is 42.7 Å². The molecule has 32 heavy (non-hydrogen) atoms. The standard InChI is InChI=1S/C23H26N4O4S/c1-32-14-11-19(27-21(29)17-5-2-3-6-18(17)22(27)30)20(28)26-15-7-9-16(10-8-15)31-23-24-12-4-13-25-23/h4,7-10,12-13,17-19H,2-3,5-6,11,14H2,1H3,(H,26,28). The number of aromatic nitrogens is 2. The third-order valence-corrected chi connectivity index (χ3v) is 6.60. The number of amides is 3. The van der Waals surface area contributed by atoms with E-state index in [2.05, 4.69) is 15.3 Å². The third-order valence-electron chi connectivity index (χ3n) is 5.96. The van der Waals surface area contributed by atoms with E-state index in [-0.39, 0.29) is 35.6 Å². The van der Waals surface area contributed by atoms with Crippen LogP contribution in [0, 0.1) is 11.8 Å². The van der Waals surface area contributed by atoms with Crippen molar-refractivity contribution >= 4 is 35.2 Å². The first-order valence-corrected chi connectivity index (χ1v) is 12.2. The van der Waals surface area contributed by atoms with Gasteiger partial charge in [0.2, 0.25) is 17.7 Å². The Morgan fingerprint density at radius 2 is 1.75 bits per heavy atom. The second kappa shape index (κ2) is 10.1. The van der Waals surface area contributed by atoms with E-state index >= 15 is 0 Å². The van der Waals surface area contributed by atoms with Crippen molar-refractivity contribution in [1.29, 1.82) is 0 Å². The number of nitrogens with zero attached hydrogens (tertiary/aromatic N) is 3. The van der Waals surface area contributed by atoms with Gasteiger partial charge in [0.05, 0.1) is 11.8 Å². The summed E-state index contributed by atoms with van der Waals surface area (Å²) in [6.45, 7) is 0. The fraction of sp³-hybridized carbons (Fsp3) is 0.435. The van der Waals surface area contributed by atoms with Crippen LogP contribution in [0.2, 0.25) is 0 Å². The molecule has 9 heteroatoms. The van der Waals surface area contributed by atoms with E-state index in [1.807, 2.05) is 6.26 Å². The molecule has 1 saturated carbocycles. The smallest absolute Gasteiger partial charge is 0.321 e. The molecule has 2 fully saturated rings. The van der Waals surface area contributed by atoms with Gasteiger partial charge >= 0.3 is 6.01 Å². The van der Waals surface area contributed by atoms with Crippen molar-refractivity contribution in [3.8, 4) is 11.8 Å². The van der Waals surface area contributed by atoms with Crippen LogP contribution in [0.4, 0.5) is 5.69 Å². The van der Waals surface area contributed by atoms with E-state index in [1.54, 1.807) is 54.5 Å². The van der Waals surface area contributed by atoms with E-state index in [1.165, 1.54) is 4.90 Å². The van der Waals surface area contributed by atoms with Crippen molar-refractivity contribution in [2.45, 2.75) is 38.1 Å². The Balaban J connectivity index is 1.46. The van der Waals surface area contributed by atoms with Gasteiger partial charge in [0, 0.05) is 18.1 Å². The molecule has 2 heterocycles. The molecule has 4 rings (SSSR count). The van der Waals surface area contributed by atoms with Gasteiger partial charge in [-0.05, 0) is 61.6 Å². The zero-order chi connectivity index (χ0) is 22.5. The van der Waals surface area contributed by atoms with E-state index in [0.29, 0.717) is 23.6 Å². The van der Waals surface area contributed by atoms with Crippen molar-refractivity contribution in [2.75, 3.05) is 17.3 Å². The highest BCUT2D eigenvalue weighted by molar-refractivity contribution is 7.98. The summed E-state index contributed by atoms with van der Waals surface area (Å²) in [6, 6.07) is 7.93. The normalized spacial score (nSPS) is 21.2. The highest BCUT2D eigenvalue weighted by Gasteiger charge is 2.51. The van der Waals surface area contributed by atoms with Gasteiger partial charge in [0.15, 0.2) is 0 Å². The van der Waals surface area contributed by atoms with Gasteiger partial charge in [-0.2, -0.15) is 11.8 Å². The highest BCUT2D eigenvalue weighted by atomic mass is 32.2. The van der Waals surface area contributed by atoms with Crippen LogP contribution in [-0.2, 0) is 14.4 Å². The fourth-order valence-electron chi connectivity index (χ4n) is 4.38. The number of imide groups is 1. The van der Waals surface area contributed by atoms with Crippen molar-refractivity contribution in [2.24, 2.45) is 11.8 Å². The molecule has 0 radical (unpaired) electrons. The van der Waals surface area contributed by atoms with Gasteiger partial charge < -0.3 is 10.1 Å². The largest absolute Gasteiger partial charge is 0.424 e. The fourth-order valence-corrected chi connectivity index (χ4v) is 4.84. The lowest BCUT2D eigenvalue weighted by molar-refractivity contribution is -0.146. The Kier molecular flexibility index (Phi) is 7.04. The van der Waals surface area contributed by atoms with Crippen LogP contribution in [0.3, 0.4) is 0 Å². The number of thioether (sulfide) groups is 1. The summed E-state index contributed by atoms with van der Waals surface area (Å²) in [5, 5.41) is 2.86. The van der Waals surface area contributed by atoms with Crippen LogP contribution in [0.1, 0.15) is 32.1 Å². The molecule has 1 saturated heterocycles. The Hall–Kier alpha value is -2.94. The number of ether oxygens (including phenoxy) is 1. The highest BCUT2D eigenvalue weighted by Crippen LogP contribution is 2.39. The van der Waals surface area contributed by atoms with Crippen LogP contribution < -0.4 is 10.1 Å². The molecule has 2 aliphatic rings. The SMILES string of the molecule is CSCCC(C(=O)Nc1ccc(Oc2ncccn2)cc1)N1C(=O)C2CCCCC2C1=O. The number of anilines is 1. The lowest BCUT2D eigenvalue weighted by Gasteiger charge is -2.26. The molecule has 0 spiro atoms. The summed E-state index contributed by atoms with van der Waals surface area (Å²) < 4.78 is 5.57. The van der Waals surface area contributed by atoms with Gasteiger partial charge in [0.25, 0.3) is 0 Å². The third kappa shape index (κ3) is 4.77. The number of likely N-dealkylation sites (tertiary alicyclic amines) is 1. The topological polar surface area (TPSA) is 101 Å². The molecule has 3 unspecified atom stereocenters. The Morgan fingerprint density at radius 3 is 2.34 bits per heavy atom. The van der Waals surface area contributed by atoms with Gasteiger partial charge in [0.1, 0.15) is 11.8 Å². The molecular formula is C23H26N4O4S. The van der Waals surface area contributed by atoms with Gasteiger partial charge in [-0.15, -0.1) is 0 Å². The van der Waals surface area contributed by atoms with E-state index in [0.717, 1.165) is 25.7 Å². The summed E-state index contributed by atoms with van der Waals surface area (Å²) in [7, 11) is 0. The zero-order valence-electron chi connectivity index (χ0n) is 17.9. The molecule has 1 aromatic carbocycles. The predicted octanol–water partition coefficient (Wildman–Crippen LogP) is 3.50. The number of hydrogen-bond donors (Lipinski definition) is 1. The van der Waals surface area contributed by atoms with Gasteiger partial charge in [-0.1, -0.05) is 12.8 Å². The molecule has 2 aromatic rings. The number of fused-ring (bicyclic) bond motifs is 1. The van der Waals surface area contributed by atoms with Crippen LogP contribution in [0.15, 0.2) is 42.7 Å². The van der Waals surface area contributed by atoms with Gasteiger partial charge in [-0.25, -0.2) is 9.97 Å². The molecule has 8 nitrogen and oxygen atoms in total. The van der Waals surface area contributed by atoms with E-state index < -0.39 is 6.04 Å². The molecule has 3 atom stereocenters. The first kappa shape index (κ1) is 22.3. The molecule has 1 aromatic heterocycles. The first-order valence-electron chi connectivity index (χ1n) is 10.8. The van der Waals surface area contributed by atoms with Crippen LogP contribution in [0.25, 0.3) is 0 Å². The molecule has 0 bridgehead atoms. The molecule has 168 valence electrons. The minimum atomic E-state index is -0.804. The maximum Gasteiger partial charge on any atom is 0.321 e. The Bertz CT molecular complexity index is 946. The predicted molar refractivity (Wildman–Crippen MR) is 121 cm³/mol. The Morgan fingerprint density at radius 1 is 1.12 bits per heavy atom. The minimum absolute atomic E-state index is 0.187. The first-order chi connectivity index (χ1) is 15.6. The van der Waals surface area contributed by atoms with Crippen LogP contribution in [-0.4, -0.2) is 50.6 Å². The summed E-state index contributed by atoms with van der Waals surface area (Å²) >= 11 is 1.59. The maximum atomic E-state index is 13.2. The van der Waals surface area contributed by atoms with Crippen LogP contribution in [0.5, 0.6) is 11.8 Å². The number of carbonyl (C=O) groups is 3. The molecule has 3 amide bonds. The monoisotopic (exact) mass is 454 g/mol. The lowest BCUT2D eigenvalue weighted by atomic mass is 9.81. The van der Waals surface area contributed by atoms with E-state index in [4.69, 9.17) is 4.74 Å².